The van der Waals surface area contributed by atoms with Crippen LogP contribution in [-0.4, -0.2) is 43.9 Å². The number of aliphatic imine (C=N–C) groups is 1. The Morgan fingerprint density at radius 2 is 2.14 bits per heavy atom. The molecule has 0 spiro atoms. The van der Waals surface area contributed by atoms with Gasteiger partial charge in [-0.1, -0.05) is 11.8 Å². The number of hydrogen-bond donors (Lipinski definition) is 1. The van der Waals surface area contributed by atoms with Crippen LogP contribution in [0.15, 0.2) is 29.3 Å². The van der Waals surface area contributed by atoms with Crippen LogP contribution < -0.4 is 15.2 Å². The second kappa shape index (κ2) is 8.79. The fraction of sp³-hybridized carbons (Fsp3) is 0.533. The minimum atomic E-state index is 0.250. The molecule has 0 aliphatic carbocycles. The predicted octanol–water partition coefficient (Wildman–Crippen LogP) is 2.30. The van der Waals surface area contributed by atoms with Crippen molar-refractivity contribution in [2.24, 2.45) is 10.7 Å². The molecule has 1 aliphatic rings. The van der Waals surface area contributed by atoms with Gasteiger partial charge < -0.3 is 19.9 Å². The zero-order valence-corrected chi connectivity index (χ0v) is 13.1. The van der Waals surface area contributed by atoms with Crippen molar-refractivity contribution in [1.29, 1.82) is 0 Å². The van der Waals surface area contributed by atoms with Crippen LogP contribution in [0.1, 0.15) is 12.8 Å². The van der Waals surface area contributed by atoms with Crippen molar-refractivity contribution in [3.8, 4) is 11.5 Å². The van der Waals surface area contributed by atoms with Crippen molar-refractivity contribution in [3.05, 3.63) is 24.3 Å². The van der Waals surface area contributed by atoms with Crippen LogP contribution in [0.2, 0.25) is 0 Å². The summed E-state index contributed by atoms with van der Waals surface area (Å²) in [6, 6.07) is 7.52. The van der Waals surface area contributed by atoms with Crippen LogP contribution in [0.3, 0.4) is 0 Å². The smallest absolute Gasteiger partial charge is 0.154 e. The maximum absolute atomic E-state index is 5.85. The molecule has 1 aromatic carbocycles. The molecule has 2 rings (SSSR count). The number of benzene rings is 1. The fourth-order valence-corrected chi connectivity index (χ4v) is 2.55. The Kier molecular flexibility index (Phi) is 6.69. The molecular formula is C15H22N2O3S. The van der Waals surface area contributed by atoms with Crippen molar-refractivity contribution in [2.75, 3.05) is 32.6 Å². The van der Waals surface area contributed by atoms with E-state index in [0.29, 0.717) is 18.3 Å². The van der Waals surface area contributed by atoms with Gasteiger partial charge in [0.15, 0.2) is 5.17 Å². The number of nitrogens with zero attached hydrogens (tertiary/aromatic N) is 1. The van der Waals surface area contributed by atoms with E-state index in [0.717, 1.165) is 36.7 Å². The summed E-state index contributed by atoms with van der Waals surface area (Å²) in [5, 5.41) is 0.601. The van der Waals surface area contributed by atoms with E-state index in [9.17, 15) is 0 Å². The average molecular weight is 310 g/mol. The average Bonchev–Trinajstić information content (AvgIpc) is 3.03. The van der Waals surface area contributed by atoms with Crippen LogP contribution >= 0.6 is 11.8 Å². The standard InChI is InChI=1S/C15H22N2O3S/c1-18-12-4-6-13(7-5-12)20-9-10-21-15(16)17-11-14-3-2-8-19-14/h4-7,14H,2-3,8-11H2,1H3,(H2,16,17)/t14-/m0/s1. The molecule has 0 aromatic heterocycles. The summed E-state index contributed by atoms with van der Waals surface area (Å²) in [5.74, 6) is 2.42. The van der Waals surface area contributed by atoms with Gasteiger partial charge in [-0.15, -0.1) is 0 Å². The van der Waals surface area contributed by atoms with E-state index in [2.05, 4.69) is 4.99 Å². The van der Waals surface area contributed by atoms with E-state index < -0.39 is 0 Å². The quantitative estimate of drug-likeness (QED) is 0.475. The molecule has 1 aliphatic heterocycles. The monoisotopic (exact) mass is 310 g/mol. The highest BCUT2D eigenvalue weighted by Crippen LogP contribution is 2.17. The number of rotatable bonds is 7. The lowest BCUT2D eigenvalue weighted by Crippen LogP contribution is -2.15. The highest BCUT2D eigenvalue weighted by Gasteiger charge is 2.14. The molecule has 5 nitrogen and oxygen atoms in total. The van der Waals surface area contributed by atoms with E-state index in [1.54, 1.807) is 7.11 Å². The first-order valence-corrected chi connectivity index (χ1v) is 8.07. The third-order valence-electron chi connectivity index (χ3n) is 3.14. The number of methoxy groups -OCH3 is 1. The zero-order valence-electron chi connectivity index (χ0n) is 12.3. The third kappa shape index (κ3) is 5.85. The van der Waals surface area contributed by atoms with Crippen molar-refractivity contribution < 1.29 is 14.2 Å². The van der Waals surface area contributed by atoms with Gasteiger partial charge in [0.25, 0.3) is 0 Å². The molecule has 2 N–H and O–H groups in total. The zero-order chi connectivity index (χ0) is 14.9. The van der Waals surface area contributed by atoms with E-state index in [-0.39, 0.29) is 6.10 Å². The minimum Gasteiger partial charge on any atom is -0.497 e. The first-order valence-electron chi connectivity index (χ1n) is 7.09. The summed E-state index contributed by atoms with van der Waals surface area (Å²) in [5.41, 5.74) is 5.85. The maximum atomic E-state index is 5.85. The van der Waals surface area contributed by atoms with Gasteiger partial charge in [-0.25, -0.2) is 0 Å². The second-order valence-corrected chi connectivity index (χ2v) is 5.80. The van der Waals surface area contributed by atoms with Gasteiger partial charge in [0.1, 0.15) is 11.5 Å². The van der Waals surface area contributed by atoms with Gasteiger partial charge in [0.2, 0.25) is 0 Å². The normalized spacial score (nSPS) is 18.7. The summed E-state index contributed by atoms with van der Waals surface area (Å²) in [6.45, 7) is 2.11. The first-order chi connectivity index (χ1) is 10.3. The molecule has 1 aromatic rings. The van der Waals surface area contributed by atoms with Crippen LogP contribution in [0.25, 0.3) is 0 Å². The Labute approximate surface area is 129 Å². The Balaban J connectivity index is 1.60. The largest absolute Gasteiger partial charge is 0.497 e. The lowest BCUT2D eigenvalue weighted by Gasteiger charge is -2.08. The van der Waals surface area contributed by atoms with Crippen LogP contribution in [0, 0.1) is 0 Å². The highest BCUT2D eigenvalue weighted by molar-refractivity contribution is 8.13. The van der Waals surface area contributed by atoms with Gasteiger partial charge in [-0.2, -0.15) is 0 Å². The number of ether oxygens (including phenoxy) is 3. The van der Waals surface area contributed by atoms with Gasteiger partial charge in [-0.05, 0) is 37.1 Å². The van der Waals surface area contributed by atoms with Crippen molar-refractivity contribution >= 4 is 16.9 Å². The minimum absolute atomic E-state index is 0.250. The van der Waals surface area contributed by atoms with Crippen LogP contribution in [-0.2, 0) is 4.74 Å². The fourth-order valence-electron chi connectivity index (χ4n) is 2.00. The molecule has 0 bridgehead atoms. The Bertz CT molecular complexity index is 445. The first kappa shape index (κ1) is 16.0. The molecular weight excluding hydrogens is 288 g/mol. The number of nitrogens with two attached hydrogens (primary N) is 1. The summed E-state index contributed by atoms with van der Waals surface area (Å²) >= 11 is 1.51. The Morgan fingerprint density at radius 3 is 2.81 bits per heavy atom. The van der Waals surface area contributed by atoms with E-state index in [4.69, 9.17) is 19.9 Å². The Morgan fingerprint density at radius 1 is 1.38 bits per heavy atom. The van der Waals surface area contributed by atoms with Gasteiger partial charge in [0, 0.05) is 12.4 Å². The predicted molar refractivity (Wildman–Crippen MR) is 86.4 cm³/mol. The van der Waals surface area contributed by atoms with E-state index >= 15 is 0 Å². The molecule has 0 amide bonds. The van der Waals surface area contributed by atoms with Crippen molar-refractivity contribution in [2.45, 2.75) is 18.9 Å². The molecule has 1 saturated heterocycles. The van der Waals surface area contributed by atoms with E-state index in [1.807, 2.05) is 24.3 Å². The molecule has 1 heterocycles. The van der Waals surface area contributed by atoms with E-state index in [1.165, 1.54) is 11.8 Å². The number of thioether (sulfide) groups is 1. The molecule has 0 saturated carbocycles. The Hall–Kier alpha value is -1.40. The number of hydrogen-bond acceptors (Lipinski definition) is 5. The highest BCUT2D eigenvalue weighted by atomic mass is 32.2. The third-order valence-corrected chi connectivity index (χ3v) is 3.93. The molecule has 0 unspecified atom stereocenters. The molecule has 6 heteroatoms. The maximum Gasteiger partial charge on any atom is 0.154 e. The molecule has 1 atom stereocenters. The molecule has 21 heavy (non-hydrogen) atoms. The van der Waals surface area contributed by atoms with Crippen molar-refractivity contribution in [1.82, 2.24) is 0 Å². The van der Waals surface area contributed by atoms with Gasteiger partial charge in [0.05, 0.1) is 26.4 Å². The van der Waals surface area contributed by atoms with Crippen LogP contribution in [0.4, 0.5) is 0 Å². The summed E-state index contributed by atoms with van der Waals surface area (Å²) in [4.78, 5) is 4.33. The number of amidine groups is 1. The molecule has 1 fully saturated rings. The van der Waals surface area contributed by atoms with Gasteiger partial charge in [-0.3, -0.25) is 4.99 Å². The topological polar surface area (TPSA) is 66.1 Å². The summed E-state index contributed by atoms with van der Waals surface area (Å²) in [7, 11) is 1.64. The van der Waals surface area contributed by atoms with Gasteiger partial charge >= 0.3 is 0 Å². The summed E-state index contributed by atoms with van der Waals surface area (Å²) < 4.78 is 16.2. The van der Waals surface area contributed by atoms with Crippen molar-refractivity contribution in [3.63, 3.8) is 0 Å². The summed E-state index contributed by atoms with van der Waals surface area (Å²) in [6.07, 6.45) is 2.46. The molecule has 116 valence electrons. The van der Waals surface area contributed by atoms with Crippen LogP contribution in [0.5, 0.6) is 11.5 Å². The lowest BCUT2D eigenvalue weighted by atomic mass is 10.2. The SMILES string of the molecule is COc1ccc(OCCSC(N)=NC[C@@H]2CCCO2)cc1. The second-order valence-electron chi connectivity index (χ2n) is 4.69. The molecule has 0 radical (unpaired) electrons. The lowest BCUT2D eigenvalue weighted by molar-refractivity contribution is 0.118.